The third kappa shape index (κ3) is 2.93. The van der Waals surface area contributed by atoms with E-state index in [9.17, 15) is 4.79 Å². The topological polar surface area (TPSA) is 52.9 Å². The minimum absolute atomic E-state index is 0.0423. The van der Waals surface area contributed by atoms with Gasteiger partial charge in [-0.05, 0) is 36.2 Å². The molecule has 1 aliphatic rings. The summed E-state index contributed by atoms with van der Waals surface area (Å²) in [4.78, 5) is 13.6. The van der Waals surface area contributed by atoms with Crippen molar-refractivity contribution in [2.75, 3.05) is 5.75 Å². The number of nitriles is 1. The SMILES string of the molecule is N#Cc1cccc(C(=O)N[C@@H]2CCSc3ccccc32)c1. The first kappa shape index (κ1) is 13.7. The molecule has 0 aromatic heterocycles. The van der Waals surface area contributed by atoms with Gasteiger partial charge in [-0.3, -0.25) is 4.79 Å². The predicted molar refractivity (Wildman–Crippen MR) is 83.1 cm³/mol. The van der Waals surface area contributed by atoms with Gasteiger partial charge >= 0.3 is 0 Å². The predicted octanol–water partition coefficient (Wildman–Crippen LogP) is 3.53. The average Bonchev–Trinajstić information content (AvgIpc) is 2.55. The van der Waals surface area contributed by atoms with Gasteiger partial charge in [0.25, 0.3) is 5.91 Å². The Morgan fingerprint density at radius 1 is 1.24 bits per heavy atom. The van der Waals surface area contributed by atoms with Gasteiger partial charge in [0.15, 0.2) is 0 Å². The highest BCUT2D eigenvalue weighted by Gasteiger charge is 2.22. The van der Waals surface area contributed by atoms with Crippen molar-refractivity contribution in [3.63, 3.8) is 0 Å². The van der Waals surface area contributed by atoms with Gasteiger partial charge in [0, 0.05) is 16.2 Å². The molecule has 0 bridgehead atoms. The lowest BCUT2D eigenvalue weighted by molar-refractivity contribution is 0.0935. The molecule has 0 fully saturated rings. The fraction of sp³-hybridized carbons (Fsp3) is 0.176. The van der Waals surface area contributed by atoms with Gasteiger partial charge in [0.1, 0.15) is 0 Å². The van der Waals surface area contributed by atoms with Crippen LogP contribution >= 0.6 is 11.8 Å². The number of fused-ring (bicyclic) bond motifs is 1. The molecule has 0 unspecified atom stereocenters. The minimum Gasteiger partial charge on any atom is -0.345 e. The zero-order valence-electron chi connectivity index (χ0n) is 11.4. The number of nitrogens with zero attached hydrogens (tertiary/aromatic N) is 1. The van der Waals surface area contributed by atoms with Crippen LogP contribution in [0.1, 0.15) is 33.9 Å². The molecule has 3 rings (SSSR count). The fourth-order valence-corrected chi connectivity index (χ4v) is 3.59. The second-order valence-electron chi connectivity index (χ2n) is 4.89. The maximum absolute atomic E-state index is 12.4. The Morgan fingerprint density at radius 2 is 2.10 bits per heavy atom. The highest BCUT2D eigenvalue weighted by atomic mass is 32.2. The quantitative estimate of drug-likeness (QED) is 0.922. The van der Waals surface area contributed by atoms with Gasteiger partial charge in [0.05, 0.1) is 17.7 Å². The van der Waals surface area contributed by atoms with E-state index in [0.717, 1.165) is 12.2 Å². The summed E-state index contributed by atoms with van der Waals surface area (Å²) in [5.74, 6) is 0.874. The maximum Gasteiger partial charge on any atom is 0.251 e. The highest BCUT2D eigenvalue weighted by Crippen LogP contribution is 2.35. The smallest absolute Gasteiger partial charge is 0.251 e. The Hall–Kier alpha value is -2.25. The first-order valence-electron chi connectivity index (χ1n) is 6.80. The van der Waals surface area contributed by atoms with E-state index in [4.69, 9.17) is 5.26 Å². The third-order valence-electron chi connectivity index (χ3n) is 3.52. The number of hydrogen-bond donors (Lipinski definition) is 1. The number of benzene rings is 2. The number of carbonyl (C=O) groups excluding carboxylic acids is 1. The maximum atomic E-state index is 12.4. The molecule has 104 valence electrons. The monoisotopic (exact) mass is 294 g/mol. The molecule has 4 heteroatoms. The van der Waals surface area contributed by atoms with E-state index >= 15 is 0 Å². The molecule has 1 atom stereocenters. The van der Waals surface area contributed by atoms with Gasteiger partial charge in [-0.25, -0.2) is 0 Å². The van der Waals surface area contributed by atoms with E-state index in [1.165, 1.54) is 10.5 Å². The largest absolute Gasteiger partial charge is 0.345 e. The number of amides is 1. The minimum atomic E-state index is -0.126. The lowest BCUT2D eigenvalue weighted by Gasteiger charge is -2.25. The molecule has 0 radical (unpaired) electrons. The van der Waals surface area contributed by atoms with Crippen molar-refractivity contribution < 1.29 is 4.79 Å². The van der Waals surface area contributed by atoms with Gasteiger partial charge in [-0.2, -0.15) is 5.26 Å². The number of rotatable bonds is 2. The Morgan fingerprint density at radius 3 is 2.95 bits per heavy atom. The van der Waals surface area contributed by atoms with Crippen molar-refractivity contribution in [2.45, 2.75) is 17.4 Å². The summed E-state index contributed by atoms with van der Waals surface area (Å²) in [7, 11) is 0. The first-order chi connectivity index (χ1) is 10.3. The zero-order chi connectivity index (χ0) is 14.7. The van der Waals surface area contributed by atoms with Crippen LogP contribution in [0.5, 0.6) is 0 Å². The lowest BCUT2D eigenvalue weighted by Crippen LogP contribution is -2.30. The molecule has 0 saturated carbocycles. The molecular weight excluding hydrogens is 280 g/mol. The number of nitrogens with one attached hydrogen (secondary N) is 1. The lowest BCUT2D eigenvalue weighted by atomic mass is 10.0. The van der Waals surface area contributed by atoms with Crippen LogP contribution in [0.3, 0.4) is 0 Å². The Labute approximate surface area is 128 Å². The van der Waals surface area contributed by atoms with Crippen molar-refractivity contribution in [1.82, 2.24) is 5.32 Å². The van der Waals surface area contributed by atoms with E-state index in [1.807, 2.05) is 23.9 Å². The Bertz CT molecular complexity index is 721. The summed E-state index contributed by atoms with van der Waals surface area (Å²) < 4.78 is 0. The van der Waals surface area contributed by atoms with Crippen LogP contribution < -0.4 is 5.32 Å². The average molecular weight is 294 g/mol. The first-order valence-corrected chi connectivity index (χ1v) is 7.79. The van der Waals surface area contributed by atoms with Gasteiger partial charge in [0.2, 0.25) is 0 Å². The van der Waals surface area contributed by atoms with Crippen molar-refractivity contribution >= 4 is 17.7 Å². The molecule has 21 heavy (non-hydrogen) atoms. The van der Waals surface area contributed by atoms with Gasteiger partial charge in [-0.1, -0.05) is 24.3 Å². The molecule has 1 heterocycles. The van der Waals surface area contributed by atoms with Crippen molar-refractivity contribution in [3.8, 4) is 6.07 Å². The number of thioether (sulfide) groups is 1. The van der Waals surface area contributed by atoms with Crippen LogP contribution in [0.15, 0.2) is 53.4 Å². The molecule has 1 aliphatic heterocycles. The highest BCUT2D eigenvalue weighted by molar-refractivity contribution is 7.99. The van der Waals surface area contributed by atoms with Crippen LogP contribution in [0.25, 0.3) is 0 Å². The van der Waals surface area contributed by atoms with Crippen molar-refractivity contribution in [2.24, 2.45) is 0 Å². The van der Waals surface area contributed by atoms with Crippen LogP contribution in [0, 0.1) is 11.3 Å². The molecule has 2 aromatic rings. The molecule has 3 nitrogen and oxygen atoms in total. The summed E-state index contributed by atoms with van der Waals surface area (Å²) in [5.41, 5.74) is 2.21. The zero-order valence-corrected chi connectivity index (χ0v) is 12.2. The number of hydrogen-bond acceptors (Lipinski definition) is 3. The Balaban J connectivity index is 1.81. The van der Waals surface area contributed by atoms with Crippen LogP contribution in [0.2, 0.25) is 0 Å². The molecule has 2 aromatic carbocycles. The molecule has 1 amide bonds. The second-order valence-corrected chi connectivity index (χ2v) is 6.03. The van der Waals surface area contributed by atoms with Crippen LogP contribution in [0.4, 0.5) is 0 Å². The summed E-state index contributed by atoms with van der Waals surface area (Å²) in [5, 5.41) is 12.0. The van der Waals surface area contributed by atoms with Gasteiger partial charge < -0.3 is 5.32 Å². The molecular formula is C17H14N2OS. The molecule has 0 spiro atoms. The molecule has 1 N–H and O–H groups in total. The normalized spacial score (nSPS) is 16.6. The second kappa shape index (κ2) is 6.02. The van der Waals surface area contributed by atoms with Crippen LogP contribution in [-0.2, 0) is 0 Å². The summed E-state index contributed by atoms with van der Waals surface area (Å²) in [6.07, 6.45) is 0.922. The van der Waals surface area contributed by atoms with E-state index in [-0.39, 0.29) is 11.9 Å². The van der Waals surface area contributed by atoms with E-state index in [1.54, 1.807) is 24.3 Å². The van der Waals surface area contributed by atoms with Gasteiger partial charge in [-0.15, -0.1) is 11.8 Å². The van der Waals surface area contributed by atoms with E-state index in [0.29, 0.717) is 11.1 Å². The van der Waals surface area contributed by atoms with E-state index < -0.39 is 0 Å². The standard InChI is InChI=1S/C17H14N2OS/c18-11-12-4-3-5-13(10-12)17(20)19-15-8-9-21-16-7-2-1-6-14(15)16/h1-7,10,15H,8-9H2,(H,19,20)/t15-/m1/s1. The summed E-state index contributed by atoms with van der Waals surface area (Å²) in [6.45, 7) is 0. The van der Waals surface area contributed by atoms with Crippen LogP contribution in [-0.4, -0.2) is 11.7 Å². The molecule has 0 aliphatic carbocycles. The van der Waals surface area contributed by atoms with Crippen molar-refractivity contribution in [1.29, 1.82) is 5.26 Å². The fourth-order valence-electron chi connectivity index (χ4n) is 2.46. The number of carbonyl (C=O) groups is 1. The third-order valence-corrected chi connectivity index (χ3v) is 4.64. The Kier molecular flexibility index (Phi) is 3.94. The molecule has 0 saturated heterocycles. The summed E-state index contributed by atoms with van der Waals surface area (Å²) in [6, 6.07) is 17.1. The van der Waals surface area contributed by atoms with E-state index in [2.05, 4.69) is 23.5 Å². The summed E-state index contributed by atoms with van der Waals surface area (Å²) >= 11 is 1.83. The van der Waals surface area contributed by atoms with Crippen molar-refractivity contribution in [3.05, 3.63) is 65.2 Å².